The molecule has 98 valence electrons. The highest BCUT2D eigenvalue weighted by Gasteiger charge is 2.12. The monoisotopic (exact) mass is 321 g/mol. The van der Waals surface area contributed by atoms with Crippen LogP contribution in [0.4, 0.5) is 10.1 Å². The predicted octanol–water partition coefficient (Wildman–Crippen LogP) is 4.46. The minimum atomic E-state index is -0.403. The summed E-state index contributed by atoms with van der Waals surface area (Å²) in [6, 6.07) is 10.2. The van der Waals surface area contributed by atoms with Crippen molar-refractivity contribution in [3.8, 4) is 0 Å². The first kappa shape index (κ1) is 13.7. The number of rotatable bonds is 2. The highest BCUT2D eigenvalue weighted by Crippen LogP contribution is 2.21. The molecular formula is C15H13BrFNO. The third-order valence-electron chi connectivity index (χ3n) is 2.89. The second-order valence-corrected chi connectivity index (χ2v) is 5.20. The molecule has 0 radical (unpaired) electrons. The summed E-state index contributed by atoms with van der Waals surface area (Å²) >= 11 is 3.08. The lowest BCUT2D eigenvalue weighted by Crippen LogP contribution is -2.15. The van der Waals surface area contributed by atoms with Crippen molar-refractivity contribution in [3.63, 3.8) is 0 Å². The number of carbonyl (C=O) groups excluding carboxylic acids is 1. The van der Waals surface area contributed by atoms with E-state index in [-0.39, 0.29) is 5.91 Å². The molecule has 1 N–H and O–H groups in total. The lowest BCUT2D eigenvalue weighted by molar-refractivity contribution is 0.102. The van der Waals surface area contributed by atoms with Crippen LogP contribution in [0, 0.1) is 19.7 Å². The van der Waals surface area contributed by atoms with Crippen LogP contribution in [-0.4, -0.2) is 5.91 Å². The standard InChI is InChI=1S/C15H13BrFNO/c1-9-4-3-5-10(2)14(9)15(19)18-11-6-7-12(16)13(17)8-11/h3-8H,1-2H3,(H,18,19). The zero-order chi connectivity index (χ0) is 14.0. The van der Waals surface area contributed by atoms with Gasteiger partial charge in [-0.15, -0.1) is 0 Å². The number of carbonyl (C=O) groups is 1. The Labute approximate surface area is 119 Å². The zero-order valence-corrected chi connectivity index (χ0v) is 12.2. The lowest BCUT2D eigenvalue weighted by Gasteiger charge is -2.10. The number of benzene rings is 2. The van der Waals surface area contributed by atoms with E-state index in [1.54, 1.807) is 12.1 Å². The number of hydrogen-bond acceptors (Lipinski definition) is 1. The molecular weight excluding hydrogens is 309 g/mol. The minimum Gasteiger partial charge on any atom is -0.322 e. The van der Waals surface area contributed by atoms with Crippen molar-refractivity contribution in [3.05, 3.63) is 63.4 Å². The van der Waals surface area contributed by atoms with E-state index in [2.05, 4.69) is 21.2 Å². The molecule has 19 heavy (non-hydrogen) atoms. The molecule has 0 fully saturated rings. The van der Waals surface area contributed by atoms with Crippen LogP contribution in [0.15, 0.2) is 40.9 Å². The number of hydrogen-bond donors (Lipinski definition) is 1. The van der Waals surface area contributed by atoms with Gasteiger partial charge >= 0.3 is 0 Å². The molecule has 2 rings (SSSR count). The molecule has 0 aliphatic rings. The normalized spacial score (nSPS) is 10.3. The highest BCUT2D eigenvalue weighted by molar-refractivity contribution is 9.10. The van der Waals surface area contributed by atoms with Gasteiger partial charge in [0.1, 0.15) is 5.82 Å². The van der Waals surface area contributed by atoms with Crippen molar-refractivity contribution in [2.75, 3.05) is 5.32 Å². The number of amides is 1. The molecule has 0 heterocycles. The van der Waals surface area contributed by atoms with Gasteiger partial charge in [0.05, 0.1) is 4.47 Å². The maximum Gasteiger partial charge on any atom is 0.256 e. The Morgan fingerprint density at radius 2 is 1.79 bits per heavy atom. The Kier molecular flexibility index (Phi) is 4.00. The van der Waals surface area contributed by atoms with Crippen LogP contribution in [0.1, 0.15) is 21.5 Å². The van der Waals surface area contributed by atoms with E-state index in [4.69, 9.17) is 0 Å². The highest BCUT2D eigenvalue weighted by atomic mass is 79.9. The molecule has 0 bridgehead atoms. The zero-order valence-electron chi connectivity index (χ0n) is 10.6. The average molecular weight is 322 g/mol. The van der Waals surface area contributed by atoms with Crippen molar-refractivity contribution in [2.45, 2.75) is 13.8 Å². The third kappa shape index (κ3) is 3.01. The largest absolute Gasteiger partial charge is 0.322 e. The van der Waals surface area contributed by atoms with Crippen molar-refractivity contribution in [1.82, 2.24) is 0 Å². The van der Waals surface area contributed by atoms with Crippen molar-refractivity contribution < 1.29 is 9.18 Å². The average Bonchev–Trinajstić information content (AvgIpc) is 2.33. The summed E-state index contributed by atoms with van der Waals surface area (Å²) in [4.78, 5) is 12.2. The van der Waals surface area contributed by atoms with Crippen LogP contribution in [0.3, 0.4) is 0 Å². The quantitative estimate of drug-likeness (QED) is 0.869. The minimum absolute atomic E-state index is 0.225. The van der Waals surface area contributed by atoms with Crippen molar-refractivity contribution in [1.29, 1.82) is 0 Å². The third-order valence-corrected chi connectivity index (χ3v) is 3.53. The predicted molar refractivity (Wildman–Crippen MR) is 78.0 cm³/mol. The van der Waals surface area contributed by atoms with Gasteiger partial charge in [0.2, 0.25) is 0 Å². The fraction of sp³-hybridized carbons (Fsp3) is 0.133. The van der Waals surface area contributed by atoms with Crippen LogP contribution in [0.25, 0.3) is 0 Å². The molecule has 0 unspecified atom stereocenters. The second kappa shape index (κ2) is 5.53. The van der Waals surface area contributed by atoms with Crippen LogP contribution < -0.4 is 5.32 Å². The fourth-order valence-corrected chi connectivity index (χ4v) is 2.19. The van der Waals surface area contributed by atoms with Gasteiger partial charge in [-0.05, 0) is 59.1 Å². The van der Waals surface area contributed by atoms with Gasteiger partial charge in [0.15, 0.2) is 0 Å². The van der Waals surface area contributed by atoms with Gasteiger partial charge < -0.3 is 5.32 Å². The van der Waals surface area contributed by atoms with E-state index in [1.807, 2.05) is 32.0 Å². The van der Waals surface area contributed by atoms with E-state index in [1.165, 1.54) is 6.07 Å². The molecule has 0 atom stereocenters. The molecule has 4 heteroatoms. The molecule has 0 saturated carbocycles. The van der Waals surface area contributed by atoms with Gasteiger partial charge in [-0.25, -0.2) is 4.39 Å². The van der Waals surface area contributed by atoms with Gasteiger partial charge in [-0.2, -0.15) is 0 Å². The summed E-state index contributed by atoms with van der Waals surface area (Å²) < 4.78 is 13.8. The van der Waals surface area contributed by atoms with E-state index in [0.29, 0.717) is 15.7 Å². The number of anilines is 1. The molecule has 2 aromatic rings. The first-order valence-electron chi connectivity index (χ1n) is 5.81. The SMILES string of the molecule is Cc1cccc(C)c1C(=O)Nc1ccc(Br)c(F)c1. The summed E-state index contributed by atoms with van der Waals surface area (Å²) in [7, 11) is 0. The molecule has 0 spiro atoms. The Hall–Kier alpha value is -1.68. The summed E-state index contributed by atoms with van der Waals surface area (Å²) in [5, 5.41) is 2.71. The van der Waals surface area contributed by atoms with E-state index >= 15 is 0 Å². The summed E-state index contributed by atoms with van der Waals surface area (Å²) in [5.41, 5.74) is 2.87. The Bertz CT molecular complexity index is 620. The summed E-state index contributed by atoms with van der Waals surface area (Å²) in [6.45, 7) is 3.76. The Balaban J connectivity index is 2.28. The van der Waals surface area contributed by atoms with Crippen molar-refractivity contribution in [2.24, 2.45) is 0 Å². The van der Waals surface area contributed by atoms with Gasteiger partial charge in [0, 0.05) is 11.3 Å². The summed E-state index contributed by atoms with van der Waals surface area (Å²) in [5.74, 6) is -0.628. The Morgan fingerprint density at radius 1 is 1.16 bits per heavy atom. The molecule has 0 aliphatic carbocycles. The van der Waals surface area contributed by atoms with Crippen LogP contribution in [0.2, 0.25) is 0 Å². The molecule has 0 saturated heterocycles. The molecule has 0 aliphatic heterocycles. The molecule has 1 amide bonds. The fourth-order valence-electron chi connectivity index (χ4n) is 1.94. The Morgan fingerprint density at radius 3 is 2.37 bits per heavy atom. The first-order chi connectivity index (χ1) is 8.99. The molecule has 2 nitrogen and oxygen atoms in total. The van der Waals surface area contributed by atoms with Crippen LogP contribution >= 0.6 is 15.9 Å². The van der Waals surface area contributed by atoms with Gasteiger partial charge in [0.25, 0.3) is 5.91 Å². The van der Waals surface area contributed by atoms with Gasteiger partial charge in [-0.3, -0.25) is 4.79 Å². The van der Waals surface area contributed by atoms with E-state index < -0.39 is 5.82 Å². The smallest absolute Gasteiger partial charge is 0.256 e. The van der Waals surface area contributed by atoms with E-state index in [9.17, 15) is 9.18 Å². The van der Waals surface area contributed by atoms with Crippen molar-refractivity contribution >= 4 is 27.5 Å². The summed E-state index contributed by atoms with van der Waals surface area (Å²) in [6.07, 6.45) is 0. The number of nitrogens with one attached hydrogen (secondary N) is 1. The molecule has 0 aromatic heterocycles. The molecule has 2 aromatic carbocycles. The van der Waals surface area contributed by atoms with Crippen LogP contribution in [0.5, 0.6) is 0 Å². The maximum absolute atomic E-state index is 13.4. The van der Waals surface area contributed by atoms with Gasteiger partial charge in [-0.1, -0.05) is 18.2 Å². The topological polar surface area (TPSA) is 29.1 Å². The number of halogens is 2. The number of aryl methyl sites for hydroxylation is 2. The second-order valence-electron chi connectivity index (χ2n) is 4.35. The van der Waals surface area contributed by atoms with E-state index in [0.717, 1.165) is 11.1 Å². The maximum atomic E-state index is 13.4. The first-order valence-corrected chi connectivity index (χ1v) is 6.61. The lowest BCUT2D eigenvalue weighted by atomic mass is 10.0. The van der Waals surface area contributed by atoms with Crippen LogP contribution in [-0.2, 0) is 0 Å².